The van der Waals surface area contributed by atoms with Crippen LogP contribution in [-0.2, 0) is 9.53 Å². The Balaban J connectivity index is 2.82. The van der Waals surface area contributed by atoms with Crippen molar-refractivity contribution in [3.05, 3.63) is 0 Å². The van der Waals surface area contributed by atoms with Crippen LogP contribution in [0.15, 0.2) is 0 Å². The molecule has 2 amide bonds. The molecule has 0 bridgehead atoms. The Morgan fingerprint density at radius 3 is 2.20 bits per heavy atom. The first-order chi connectivity index (χ1) is 9.56. The van der Waals surface area contributed by atoms with Gasteiger partial charge >= 0.3 is 12.0 Å². The number of ether oxygens (including phenoxy) is 1. The van der Waals surface area contributed by atoms with Gasteiger partial charge in [-0.25, -0.2) is 4.79 Å². The first-order valence-electron chi connectivity index (χ1n) is 7.42. The van der Waals surface area contributed by atoms with Gasteiger partial charge in [-0.2, -0.15) is 0 Å². The topological polar surface area (TPSA) is 70.1 Å². The lowest BCUT2D eigenvalue weighted by atomic mass is 10.0. The summed E-state index contributed by atoms with van der Waals surface area (Å²) in [6, 6.07) is -0.431. The summed E-state index contributed by atoms with van der Waals surface area (Å²) >= 11 is 0. The van der Waals surface area contributed by atoms with Gasteiger partial charge in [-0.15, -0.1) is 0 Å². The summed E-state index contributed by atoms with van der Waals surface area (Å²) in [5.41, 5.74) is 0. The highest BCUT2D eigenvalue weighted by Crippen LogP contribution is 2.21. The van der Waals surface area contributed by atoms with Crippen LogP contribution in [0.25, 0.3) is 0 Å². The van der Waals surface area contributed by atoms with Gasteiger partial charge in [0, 0.05) is 19.6 Å². The number of amides is 2. The molecule has 0 spiro atoms. The SMILES string of the molecule is CCCN(CCC)C(=O)N(CC)C1COCC1C(=O)O. The number of hydrogen-bond acceptors (Lipinski definition) is 3. The summed E-state index contributed by atoms with van der Waals surface area (Å²) in [4.78, 5) is 27.3. The summed E-state index contributed by atoms with van der Waals surface area (Å²) in [5, 5.41) is 9.22. The molecule has 1 fully saturated rings. The molecule has 0 aliphatic carbocycles. The molecule has 2 atom stereocenters. The van der Waals surface area contributed by atoms with Gasteiger partial charge in [0.1, 0.15) is 5.92 Å². The van der Waals surface area contributed by atoms with E-state index in [1.807, 2.05) is 20.8 Å². The van der Waals surface area contributed by atoms with Crippen LogP contribution in [-0.4, -0.2) is 65.8 Å². The van der Waals surface area contributed by atoms with Gasteiger partial charge in [0.2, 0.25) is 0 Å². The van der Waals surface area contributed by atoms with Crippen LogP contribution in [0.5, 0.6) is 0 Å². The van der Waals surface area contributed by atoms with E-state index in [-0.39, 0.29) is 18.7 Å². The van der Waals surface area contributed by atoms with E-state index in [1.165, 1.54) is 0 Å². The molecule has 1 saturated heterocycles. The van der Waals surface area contributed by atoms with Crippen molar-refractivity contribution in [2.45, 2.75) is 39.7 Å². The van der Waals surface area contributed by atoms with Crippen molar-refractivity contribution >= 4 is 12.0 Å². The molecule has 1 rings (SSSR count). The van der Waals surface area contributed by atoms with Gasteiger partial charge in [0.15, 0.2) is 0 Å². The van der Waals surface area contributed by atoms with Crippen molar-refractivity contribution in [3.63, 3.8) is 0 Å². The number of rotatable bonds is 7. The van der Waals surface area contributed by atoms with E-state index in [0.717, 1.165) is 12.8 Å². The lowest BCUT2D eigenvalue weighted by Gasteiger charge is -2.34. The zero-order chi connectivity index (χ0) is 15.1. The average Bonchev–Trinajstić information content (AvgIpc) is 2.88. The molecule has 0 saturated carbocycles. The molecule has 1 aliphatic rings. The molecule has 0 aromatic carbocycles. The Hall–Kier alpha value is -1.30. The number of aliphatic carboxylic acids is 1. The molecule has 0 radical (unpaired) electrons. The zero-order valence-corrected chi connectivity index (χ0v) is 12.7. The van der Waals surface area contributed by atoms with Crippen LogP contribution in [0.2, 0.25) is 0 Å². The Morgan fingerprint density at radius 1 is 1.15 bits per heavy atom. The second-order valence-corrected chi connectivity index (χ2v) is 5.11. The molecule has 0 aromatic rings. The minimum absolute atomic E-state index is 0.0713. The highest BCUT2D eigenvalue weighted by Gasteiger charge is 2.40. The molecule has 1 N–H and O–H groups in total. The van der Waals surface area contributed by atoms with E-state index in [0.29, 0.717) is 26.2 Å². The first-order valence-corrected chi connectivity index (χ1v) is 7.42. The van der Waals surface area contributed by atoms with Crippen molar-refractivity contribution in [2.24, 2.45) is 5.92 Å². The molecule has 0 aromatic heterocycles. The van der Waals surface area contributed by atoms with E-state index in [4.69, 9.17) is 4.74 Å². The van der Waals surface area contributed by atoms with Gasteiger partial charge in [-0.05, 0) is 19.8 Å². The smallest absolute Gasteiger partial charge is 0.320 e. The maximum absolute atomic E-state index is 12.6. The summed E-state index contributed by atoms with van der Waals surface area (Å²) in [7, 11) is 0. The van der Waals surface area contributed by atoms with Gasteiger partial charge in [0.25, 0.3) is 0 Å². The van der Waals surface area contributed by atoms with Gasteiger partial charge < -0.3 is 19.6 Å². The second-order valence-electron chi connectivity index (χ2n) is 5.11. The number of carbonyl (C=O) groups excluding carboxylic acids is 1. The van der Waals surface area contributed by atoms with Crippen molar-refractivity contribution < 1.29 is 19.4 Å². The minimum atomic E-state index is -0.892. The van der Waals surface area contributed by atoms with Gasteiger partial charge in [-0.3, -0.25) is 4.79 Å². The molecular formula is C14H26N2O4. The molecular weight excluding hydrogens is 260 g/mol. The number of nitrogens with zero attached hydrogens (tertiary/aromatic N) is 2. The fraction of sp³-hybridized carbons (Fsp3) is 0.857. The second kappa shape index (κ2) is 8.09. The predicted octanol–water partition coefficient (Wildman–Crippen LogP) is 1.65. The quantitative estimate of drug-likeness (QED) is 0.772. The normalized spacial score (nSPS) is 21.8. The Kier molecular flexibility index (Phi) is 6.78. The summed E-state index contributed by atoms with van der Waals surface area (Å²) < 4.78 is 5.27. The van der Waals surface area contributed by atoms with Gasteiger partial charge in [0.05, 0.1) is 19.3 Å². The first kappa shape index (κ1) is 16.8. The van der Waals surface area contributed by atoms with Crippen LogP contribution in [0.3, 0.4) is 0 Å². The molecule has 116 valence electrons. The lowest BCUT2D eigenvalue weighted by molar-refractivity contribution is -0.142. The summed E-state index contributed by atoms with van der Waals surface area (Å²) in [5.74, 6) is -1.51. The van der Waals surface area contributed by atoms with E-state index >= 15 is 0 Å². The lowest BCUT2D eigenvalue weighted by Crippen LogP contribution is -2.52. The third-order valence-corrected chi connectivity index (χ3v) is 3.61. The maximum atomic E-state index is 12.6. The average molecular weight is 286 g/mol. The Morgan fingerprint density at radius 2 is 1.75 bits per heavy atom. The van der Waals surface area contributed by atoms with Crippen molar-refractivity contribution in [3.8, 4) is 0 Å². The molecule has 6 heteroatoms. The molecule has 20 heavy (non-hydrogen) atoms. The number of hydrogen-bond donors (Lipinski definition) is 1. The van der Waals surface area contributed by atoms with Crippen molar-refractivity contribution in [1.82, 2.24) is 9.80 Å². The molecule has 1 heterocycles. The number of carboxylic acids is 1. The van der Waals surface area contributed by atoms with Gasteiger partial charge in [-0.1, -0.05) is 13.8 Å². The summed E-state index contributed by atoms with van der Waals surface area (Å²) in [6.45, 7) is 8.35. The summed E-state index contributed by atoms with van der Waals surface area (Å²) in [6.07, 6.45) is 1.79. The van der Waals surface area contributed by atoms with Crippen LogP contribution in [0.4, 0.5) is 4.79 Å². The fourth-order valence-corrected chi connectivity index (χ4v) is 2.62. The maximum Gasteiger partial charge on any atom is 0.320 e. The highest BCUT2D eigenvalue weighted by atomic mass is 16.5. The third kappa shape index (κ3) is 3.85. The Labute approximate surface area is 120 Å². The highest BCUT2D eigenvalue weighted by molar-refractivity contribution is 5.77. The molecule has 6 nitrogen and oxygen atoms in total. The fourth-order valence-electron chi connectivity index (χ4n) is 2.62. The molecule has 1 aliphatic heterocycles. The van der Waals surface area contributed by atoms with Crippen molar-refractivity contribution in [1.29, 1.82) is 0 Å². The van der Waals surface area contributed by atoms with Crippen LogP contribution < -0.4 is 0 Å². The van der Waals surface area contributed by atoms with E-state index in [2.05, 4.69) is 0 Å². The minimum Gasteiger partial charge on any atom is -0.481 e. The molecule has 2 unspecified atom stereocenters. The standard InChI is InChI=1S/C14H26N2O4/c1-4-7-15(8-5-2)14(19)16(6-3)12-10-20-9-11(12)13(17)18/h11-12H,4-10H2,1-3H3,(H,17,18). The number of carboxylic acid groups (broad SMARTS) is 1. The third-order valence-electron chi connectivity index (χ3n) is 3.61. The van der Waals surface area contributed by atoms with E-state index < -0.39 is 11.9 Å². The number of likely N-dealkylation sites (N-methyl/N-ethyl adjacent to an activating group) is 1. The van der Waals surface area contributed by atoms with Crippen LogP contribution in [0.1, 0.15) is 33.6 Å². The Bertz CT molecular complexity index is 329. The monoisotopic (exact) mass is 286 g/mol. The predicted molar refractivity (Wildman–Crippen MR) is 75.7 cm³/mol. The van der Waals surface area contributed by atoms with E-state index in [1.54, 1.807) is 9.80 Å². The number of carbonyl (C=O) groups is 2. The largest absolute Gasteiger partial charge is 0.481 e. The zero-order valence-electron chi connectivity index (χ0n) is 12.7. The van der Waals surface area contributed by atoms with E-state index in [9.17, 15) is 14.7 Å². The van der Waals surface area contributed by atoms with Crippen LogP contribution in [0, 0.1) is 5.92 Å². The number of urea groups is 1. The van der Waals surface area contributed by atoms with Crippen LogP contribution >= 0.6 is 0 Å². The van der Waals surface area contributed by atoms with Crippen molar-refractivity contribution in [2.75, 3.05) is 32.8 Å².